The van der Waals surface area contributed by atoms with Gasteiger partial charge in [0.1, 0.15) is 11.6 Å². The molecule has 3 aromatic rings. The molecular formula is C18H16N2O. The van der Waals surface area contributed by atoms with Crippen LogP contribution in [0.4, 0.5) is 5.88 Å². The van der Waals surface area contributed by atoms with E-state index in [1.165, 1.54) is 16.3 Å². The Morgan fingerprint density at radius 2 is 1.86 bits per heavy atom. The van der Waals surface area contributed by atoms with Gasteiger partial charge in [0.25, 0.3) is 0 Å². The SMILES string of the molecule is N#Cc1c(CCCc2ccc3ccccc3c2)coc1N. The molecule has 0 saturated carbocycles. The van der Waals surface area contributed by atoms with Crippen molar-refractivity contribution in [3.63, 3.8) is 0 Å². The van der Waals surface area contributed by atoms with Gasteiger partial charge in [0, 0.05) is 5.56 Å². The highest BCUT2D eigenvalue weighted by Gasteiger charge is 2.10. The third kappa shape index (κ3) is 2.75. The normalized spacial score (nSPS) is 10.6. The number of furan rings is 1. The Hall–Kier alpha value is -2.73. The third-order valence-electron chi connectivity index (χ3n) is 3.73. The molecule has 0 saturated heterocycles. The van der Waals surface area contributed by atoms with E-state index in [9.17, 15) is 0 Å². The van der Waals surface area contributed by atoms with Gasteiger partial charge in [0.05, 0.1) is 6.26 Å². The molecule has 0 amide bonds. The van der Waals surface area contributed by atoms with Crippen LogP contribution in [0.1, 0.15) is 23.1 Å². The van der Waals surface area contributed by atoms with Crippen LogP contribution < -0.4 is 5.73 Å². The molecule has 3 heteroatoms. The predicted octanol–water partition coefficient (Wildman–Crippen LogP) is 4.06. The summed E-state index contributed by atoms with van der Waals surface area (Å²) in [7, 11) is 0. The summed E-state index contributed by atoms with van der Waals surface area (Å²) in [5.41, 5.74) is 8.30. The maximum Gasteiger partial charge on any atom is 0.208 e. The van der Waals surface area contributed by atoms with Crippen molar-refractivity contribution in [2.24, 2.45) is 0 Å². The Morgan fingerprint density at radius 3 is 2.67 bits per heavy atom. The highest BCUT2D eigenvalue weighted by molar-refractivity contribution is 5.82. The smallest absolute Gasteiger partial charge is 0.208 e. The van der Waals surface area contributed by atoms with Crippen LogP contribution in [0, 0.1) is 11.3 Å². The van der Waals surface area contributed by atoms with E-state index in [0.29, 0.717) is 5.56 Å². The fourth-order valence-electron chi connectivity index (χ4n) is 2.60. The molecule has 0 bridgehead atoms. The zero-order valence-electron chi connectivity index (χ0n) is 11.7. The van der Waals surface area contributed by atoms with Crippen LogP contribution in [-0.4, -0.2) is 0 Å². The molecule has 1 heterocycles. The number of fused-ring (bicyclic) bond motifs is 1. The molecule has 3 rings (SSSR count). The van der Waals surface area contributed by atoms with Crippen molar-refractivity contribution < 1.29 is 4.42 Å². The summed E-state index contributed by atoms with van der Waals surface area (Å²) in [6, 6.07) is 17.0. The number of anilines is 1. The molecule has 0 unspecified atom stereocenters. The number of rotatable bonds is 4. The average molecular weight is 276 g/mol. The highest BCUT2D eigenvalue weighted by Crippen LogP contribution is 2.21. The van der Waals surface area contributed by atoms with Gasteiger partial charge in [-0.05, 0) is 35.6 Å². The zero-order chi connectivity index (χ0) is 14.7. The monoisotopic (exact) mass is 276 g/mol. The molecule has 2 N–H and O–H groups in total. The maximum atomic E-state index is 9.03. The summed E-state index contributed by atoms with van der Waals surface area (Å²) in [5, 5.41) is 11.6. The number of benzene rings is 2. The minimum atomic E-state index is 0.221. The van der Waals surface area contributed by atoms with Crippen molar-refractivity contribution in [1.29, 1.82) is 5.26 Å². The molecule has 0 fully saturated rings. The number of nitriles is 1. The van der Waals surface area contributed by atoms with Crippen LogP contribution in [0.2, 0.25) is 0 Å². The van der Waals surface area contributed by atoms with Crippen LogP contribution in [0.3, 0.4) is 0 Å². The second-order valence-electron chi connectivity index (χ2n) is 5.15. The molecule has 0 radical (unpaired) electrons. The Balaban J connectivity index is 1.68. The summed E-state index contributed by atoms with van der Waals surface area (Å²) in [4.78, 5) is 0. The molecule has 3 nitrogen and oxygen atoms in total. The van der Waals surface area contributed by atoms with Gasteiger partial charge in [-0.25, -0.2) is 0 Å². The molecule has 0 aliphatic rings. The van der Waals surface area contributed by atoms with Gasteiger partial charge in [-0.3, -0.25) is 0 Å². The molecule has 0 aliphatic carbocycles. The largest absolute Gasteiger partial charge is 0.447 e. The number of hydrogen-bond acceptors (Lipinski definition) is 3. The van der Waals surface area contributed by atoms with Gasteiger partial charge in [-0.1, -0.05) is 42.5 Å². The molecule has 0 aliphatic heterocycles. The number of nitrogens with zero attached hydrogens (tertiary/aromatic N) is 1. The van der Waals surface area contributed by atoms with Crippen LogP contribution >= 0.6 is 0 Å². The van der Waals surface area contributed by atoms with Crippen LogP contribution in [-0.2, 0) is 12.8 Å². The van der Waals surface area contributed by atoms with E-state index in [1.807, 2.05) is 0 Å². The first-order valence-electron chi connectivity index (χ1n) is 7.01. The number of nitrogen functional groups attached to an aromatic ring is 1. The van der Waals surface area contributed by atoms with Gasteiger partial charge >= 0.3 is 0 Å². The van der Waals surface area contributed by atoms with Gasteiger partial charge in [0.2, 0.25) is 5.88 Å². The van der Waals surface area contributed by atoms with Crippen molar-refractivity contribution in [2.75, 3.05) is 5.73 Å². The summed E-state index contributed by atoms with van der Waals surface area (Å²) < 4.78 is 5.10. The molecule has 21 heavy (non-hydrogen) atoms. The topological polar surface area (TPSA) is 63.0 Å². The van der Waals surface area contributed by atoms with E-state index < -0.39 is 0 Å². The van der Waals surface area contributed by atoms with E-state index in [1.54, 1.807) is 6.26 Å². The van der Waals surface area contributed by atoms with Crippen molar-refractivity contribution in [3.05, 3.63) is 65.4 Å². The van der Waals surface area contributed by atoms with E-state index in [0.717, 1.165) is 24.8 Å². The zero-order valence-corrected chi connectivity index (χ0v) is 11.7. The van der Waals surface area contributed by atoms with E-state index >= 15 is 0 Å². The highest BCUT2D eigenvalue weighted by atomic mass is 16.3. The molecule has 104 valence electrons. The quantitative estimate of drug-likeness (QED) is 0.781. The van der Waals surface area contributed by atoms with Crippen LogP contribution in [0.5, 0.6) is 0 Å². The van der Waals surface area contributed by atoms with Gasteiger partial charge in [-0.2, -0.15) is 5.26 Å². The summed E-state index contributed by atoms with van der Waals surface area (Å²) in [6.45, 7) is 0. The summed E-state index contributed by atoms with van der Waals surface area (Å²) >= 11 is 0. The lowest BCUT2D eigenvalue weighted by Gasteiger charge is -2.03. The first-order chi connectivity index (χ1) is 10.3. The predicted molar refractivity (Wildman–Crippen MR) is 83.8 cm³/mol. The molecule has 1 aromatic heterocycles. The third-order valence-corrected chi connectivity index (χ3v) is 3.73. The standard InChI is InChI=1S/C18H16N2O/c19-11-17-16(12-21-18(17)20)7-3-4-13-8-9-14-5-1-2-6-15(14)10-13/h1-2,5-6,8-10,12H,3-4,7,20H2. The molecule has 0 spiro atoms. The van der Waals surface area contributed by atoms with E-state index in [2.05, 4.69) is 48.5 Å². The van der Waals surface area contributed by atoms with Gasteiger partial charge in [0.15, 0.2) is 0 Å². The van der Waals surface area contributed by atoms with Crippen molar-refractivity contribution in [2.45, 2.75) is 19.3 Å². The Kier molecular flexibility index (Phi) is 3.61. The number of nitrogens with two attached hydrogens (primary N) is 1. The minimum absolute atomic E-state index is 0.221. The second kappa shape index (κ2) is 5.72. The molecule has 2 aromatic carbocycles. The van der Waals surface area contributed by atoms with Crippen molar-refractivity contribution in [3.8, 4) is 6.07 Å². The van der Waals surface area contributed by atoms with Crippen molar-refractivity contribution in [1.82, 2.24) is 0 Å². The van der Waals surface area contributed by atoms with Gasteiger partial charge in [-0.15, -0.1) is 0 Å². The Morgan fingerprint density at radius 1 is 1.05 bits per heavy atom. The lowest BCUT2D eigenvalue weighted by atomic mass is 10.0. The van der Waals surface area contributed by atoms with Crippen LogP contribution in [0.15, 0.2) is 53.1 Å². The maximum absolute atomic E-state index is 9.03. The first kappa shape index (κ1) is 13.3. The Labute approximate surface area is 123 Å². The van der Waals surface area contributed by atoms with Crippen molar-refractivity contribution >= 4 is 16.7 Å². The fraction of sp³-hybridized carbons (Fsp3) is 0.167. The summed E-state index contributed by atoms with van der Waals surface area (Å²) in [6.07, 6.45) is 4.33. The average Bonchev–Trinajstić information content (AvgIpc) is 2.87. The fourth-order valence-corrected chi connectivity index (χ4v) is 2.60. The minimum Gasteiger partial charge on any atom is -0.447 e. The van der Waals surface area contributed by atoms with E-state index in [4.69, 9.17) is 15.4 Å². The lowest BCUT2D eigenvalue weighted by Crippen LogP contribution is -1.92. The second-order valence-corrected chi connectivity index (χ2v) is 5.15. The summed E-state index contributed by atoms with van der Waals surface area (Å²) in [5.74, 6) is 0.221. The lowest BCUT2D eigenvalue weighted by molar-refractivity contribution is 0.582. The number of aryl methyl sites for hydroxylation is 2. The van der Waals surface area contributed by atoms with E-state index in [-0.39, 0.29) is 5.88 Å². The number of hydrogen-bond donors (Lipinski definition) is 1. The molecule has 0 atom stereocenters. The van der Waals surface area contributed by atoms with Gasteiger partial charge < -0.3 is 10.2 Å². The Bertz CT molecular complexity index is 811. The molecular weight excluding hydrogens is 260 g/mol. The first-order valence-corrected chi connectivity index (χ1v) is 7.01. The van der Waals surface area contributed by atoms with Crippen LogP contribution in [0.25, 0.3) is 10.8 Å².